The Kier molecular flexibility index (Phi) is 5.77. The van der Waals surface area contributed by atoms with Crippen LogP contribution in [0.3, 0.4) is 0 Å². The number of ether oxygens (including phenoxy) is 1. The molecule has 0 bridgehead atoms. The molecular weight excluding hydrogens is 416 g/mol. The largest absolute Gasteiger partial charge is 0.507 e. The minimum Gasteiger partial charge on any atom is -0.507 e. The van der Waals surface area contributed by atoms with E-state index in [9.17, 15) is 14.7 Å². The van der Waals surface area contributed by atoms with Gasteiger partial charge in [-0.3, -0.25) is 19.5 Å². The molecule has 2 heterocycles. The van der Waals surface area contributed by atoms with Crippen LogP contribution in [0.4, 0.5) is 5.69 Å². The molecule has 33 heavy (non-hydrogen) atoms. The van der Waals surface area contributed by atoms with Crippen molar-refractivity contribution in [2.24, 2.45) is 0 Å². The predicted molar refractivity (Wildman–Crippen MR) is 127 cm³/mol. The number of hydrogen-bond donors (Lipinski definition) is 1. The number of benzene rings is 2. The van der Waals surface area contributed by atoms with E-state index in [2.05, 4.69) is 4.98 Å². The van der Waals surface area contributed by atoms with E-state index >= 15 is 0 Å². The molecule has 6 nitrogen and oxygen atoms in total. The van der Waals surface area contributed by atoms with E-state index in [1.807, 2.05) is 45.9 Å². The summed E-state index contributed by atoms with van der Waals surface area (Å²) in [5, 5.41) is 11.5. The van der Waals surface area contributed by atoms with E-state index in [0.29, 0.717) is 22.7 Å². The Hall–Kier alpha value is -3.93. The Labute approximate surface area is 193 Å². The van der Waals surface area contributed by atoms with Gasteiger partial charge in [0.05, 0.1) is 23.9 Å². The summed E-state index contributed by atoms with van der Waals surface area (Å²) in [4.78, 5) is 32.6. The van der Waals surface area contributed by atoms with E-state index in [-0.39, 0.29) is 11.3 Å². The van der Waals surface area contributed by atoms with Crippen LogP contribution in [0.15, 0.2) is 60.3 Å². The summed E-state index contributed by atoms with van der Waals surface area (Å²) in [5.41, 5.74) is 5.04. The summed E-state index contributed by atoms with van der Waals surface area (Å²) in [6, 6.07) is 13.7. The molecule has 1 unspecified atom stereocenters. The quantitative estimate of drug-likeness (QED) is 0.351. The molecule has 4 rings (SSSR count). The first-order valence-electron chi connectivity index (χ1n) is 10.7. The van der Waals surface area contributed by atoms with Crippen LogP contribution in [0.25, 0.3) is 5.76 Å². The smallest absolute Gasteiger partial charge is 0.300 e. The maximum absolute atomic E-state index is 13.4. The van der Waals surface area contributed by atoms with Gasteiger partial charge in [-0.15, -0.1) is 0 Å². The highest BCUT2D eigenvalue weighted by Crippen LogP contribution is 2.44. The Bertz CT molecular complexity index is 1290. The fourth-order valence-corrected chi connectivity index (χ4v) is 4.44. The molecule has 1 N–H and O–H groups in total. The summed E-state index contributed by atoms with van der Waals surface area (Å²) in [7, 11) is 1.51. The minimum atomic E-state index is -0.878. The van der Waals surface area contributed by atoms with E-state index in [0.717, 1.165) is 22.3 Å². The van der Waals surface area contributed by atoms with Crippen molar-refractivity contribution in [2.75, 3.05) is 12.0 Å². The first-order chi connectivity index (χ1) is 15.8. The SMILES string of the molecule is COc1c(C)cc(C)cc1/C(O)=C1\C(=O)C(=O)N(c2cccc(C)c2C)C1c1ccccn1. The van der Waals surface area contributed by atoms with Crippen molar-refractivity contribution < 1.29 is 19.4 Å². The van der Waals surface area contributed by atoms with Gasteiger partial charge in [-0.2, -0.15) is 0 Å². The average molecular weight is 443 g/mol. The number of hydrogen-bond acceptors (Lipinski definition) is 5. The van der Waals surface area contributed by atoms with Gasteiger partial charge in [0.1, 0.15) is 17.6 Å². The zero-order valence-corrected chi connectivity index (χ0v) is 19.3. The first kappa shape index (κ1) is 22.3. The van der Waals surface area contributed by atoms with Gasteiger partial charge < -0.3 is 9.84 Å². The number of ketones is 1. The number of rotatable bonds is 4. The molecule has 1 atom stereocenters. The van der Waals surface area contributed by atoms with Crippen LogP contribution in [0, 0.1) is 27.7 Å². The van der Waals surface area contributed by atoms with Crippen LogP contribution in [-0.2, 0) is 9.59 Å². The molecule has 1 amide bonds. The summed E-state index contributed by atoms with van der Waals surface area (Å²) in [5.74, 6) is -1.29. The van der Waals surface area contributed by atoms with Crippen LogP contribution in [-0.4, -0.2) is 28.9 Å². The third-order valence-electron chi connectivity index (χ3n) is 6.13. The number of aliphatic hydroxyl groups excluding tert-OH is 1. The Morgan fingerprint density at radius 1 is 1.00 bits per heavy atom. The summed E-state index contributed by atoms with van der Waals surface area (Å²) in [6.07, 6.45) is 1.61. The minimum absolute atomic E-state index is 0.0112. The molecule has 0 spiro atoms. The molecule has 1 aliphatic rings. The van der Waals surface area contributed by atoms with Gasteiger partial charge in [0.15, 0.2) is 0 Å². The first-order valence-corrected chi connectivity index (χ1v) is 10.7. The fraction of sp³-hybridized carbons (Fsp3) is 0.222. The van der Waals surface area contributed by atoms with E-state index in [1.54, 1.807) is 36.5 Å². The molecule has 1 fully saturated rings. The van der Waals surface area contributed by atoms with Crippen LogP contribution in [0.5, 0.6) is 5.75 Å². The zero-order chi connectivity index (χ0) is 23.9. The van der Waals surface area contributed by atoms with E-state index in [4.69, 9.17) is 4.74 Å². The third-order valence-corrected chi connectivity index (χ3v) is 6.13. The molecule has 2 aromatic carbocycles. The lowest BCUT2D eigenvalue weighted by Crippen LogP contribution is -2.30. The van der Waals surface area contributed by atoms with Gasteiger partial charge in [0.2, 0.25) is 0 Å². The van der Waals surface area contributed by atoms with Gasteiger partial charge in [-0.05, 0) is 74.2 Å². The second kappa shape index (κ2) is 8.54. The van der Waals surface area contributed by atoms with Crippen molar-refractivity contribution in [2.45, 2.75) is 33.7 Å². The summed E-state index contributed by atoms with van der Waals surface area (Å²) < 4.78 is 5.54. The second-order valence-electron chi connectivity index (χ2n) is 8.31. The molecule has 6 heteroatoms. The summed E-state index contributed by atoms with van der Waals surface area (Å²) in [6.45, 7) is 7.62. The predicted octanol–water partition coefficient (Wildman–Crippen LogP) is 4.95. The lowest BCUT2D eigenvalue weighted by Gasteiger charge is -2.26. The van der Waals surface area contributed by atoms with Crippen molar-refractivity contribution in [3.63, 3.8) is 0 Å². The molecule has 3 aromatic rings. The number of Topliss-reactive ketones (excluding diaryl/α,β-unsaturated/α-hetero) is 1. The normalized spacial score (nSPS) is 17.5. The van der Waals surface area contributed by atoms with Gasteiger partial charge in [-0.25, -0.2) is 0 Å². The maximum atomic E-state index is 13.4. The molecule has 1 aromatic heterocycles. The highest BCUT2D eigenvalue weighted by molar-refractivity contribution is 6.51. The highest BCUT2D eigenvalue weighted by Gasteiger charge is 2.48. The van der Waals surface area contributed by atoms with Crippen molar-refractivity contribution in [3.8, 4) is 5.75 Å². The number of pyridine rings is 1. The Balaban J connectivity index is 2.03. The molecule has 0 radical (unpaired) electrons. The lowest BCUT2D eigenvalue weighted by atomic mass is 9.95. The number of aromatic nitrogens is 1. The molecule has 0 aliphatic carbocycles. The number of aliphatic hydroxyl groups is 1. The highest BCUT2D eigenvalue weighted by atomic mass is 16.5. The zero-order valence-electron chi connectivity index (χ0n) is 19.3. The standard InChI is InChI=1S/C27H26N2O4/c1-15-13-17(3)26(33-5)19(14-15)24(30)22-23(20-10-6-7-12-28-20)29(27(32)25(22)31)21-11-8-9-16(2)18(21)4/h6-14,23,30H,1-5H3/b24-22+. The van der Waals surface area contributed by atoms with E-state index in [1.165, 1.54) is 12.0 Å². The lowest BCUT2D eigenvalue weighted by molar-refractivity contribution is -0.132. The van der Waals surface area contributed by atoms with Gasteiger partial charge in [0, 0.05) is 11.9 Å². The van der Waals surface area contributed by atoms with Crippen LogP contribution in [0.2, 0.25) is 0 Å². The average Bonchev–Trinajstić information content (AvgIpc) is 3.06. The number of carbonyl (C=O) groups is 2. The number of methoxy groups -OCH3 is 1. The number of aryl methyl sites for hydroxylation is 3. The van der Waals surface area contributed by atoms with Gasteiger partial charge >= 0.3 is 0 Å². The Morgan fingerprint density at radius 2 is 1.76 bits per heavy atom. The van der Waals surface area contributed by atoms with Crippen molar-refractivity contribution in [3.05, 3.63) is 93.8 Å². The van der Waals surface area contributed by atoms with Crippen molar-refractivity contribution >= 4 is 23.1 Å². The fourth-order valence-electron chi connectivity index (χ4n) is 4.44. The number of carbonyl (C=O) groups excluding carboxylic acids is 2. The monoisotopic (exact) mass is 442 g/mol. The van der Waals surface area contributed by atoms with Crippen molar-refractivity contribution in [1.29, 1.82) is 0 Å². The molecule has 168 valence electrons. The third kappa shape index (κ3) is 3.67. The topological polar surface area (TPSA) is 79.7 Å². The van der Waals surface area contributed by atoms with E-state index < -0.39 is 17.7 Å². The molecule has 1 aliphatic heterocycles. The van der Waals surface area contributed by atoms with Crippen LogP contribution < -0.4 is 9.64 Å². The number of nitrogens with zero attached hydrogens (tertiary/aromatic N) is 2. The van der Waals surface area contributed by atoms with Crippen LogP contribution >= 0.6 is 0 Å². The van der Waals surface area contributed by atoms with Crippen LogP contribution in [0.1, 0.15) is 39.6 Å². The van der Waals surface area contributed by atoms with Gasteiger partial charge in [-0.1, -0.05) is 24.3 Å². The molecule has 1 saturated heterocycles. The maximum Gasteiger partial charge on any atom is 0.300 e. The second-order valence-corrected chi connectivity index (χ2v) is 8.31. The number of anilines is 1. The Morgan fingerprint density at radius 3 is 2.42 bits per heavy atom. The number of amides is 1. The molecular formula is C27H26N2O4. The van der Waals surface area contributed by atoms with Crippen molar-refractivity contribution in [1.82, 2.24) is 4.98 Å². The van der Waals surface area contributed by atoms with Gasteiger partial charge in [0.25, 0.3) is 11.7 Å². The summed E-state index contributed by atoms with van der Waals surface area (Å²) >= 11 is 0. The molecule has 0 saturated carbocycles.